The van der Waals surface area contributed by atoms with Gasteiger partial charge in [-0.05, 0) is 37.8 Å². The van der Waals surface area contributed by atoms with Gasteiger partial charge >= 0.3 is 0 Å². The van der Waals surface area contributed by atoms with Gasteiger partial charge < -0.3 is 37.0 Å². The molecular weight excluding hydrogens is 668 g/mol. The summed E-state index contributed by atoms with van der Waals surface area (Å²) in [5.41, 5.74) is 16.3. The molecule has 7 N–H and O–H groups in total. The average molecular weight is 713 g/mol. The van der Waals surface area contributed by atoms with E-state index >= 15 is 0 Å². The van der Waals surface area contributed by atoms with E-state index in [0.717, 1.165) is 12.8 Å². The summed E-state index contributed by atoms with van der Waals surface area (Å²) >= 11 is 0. The largest absolute Gasteiger partial charge is 0.483 e. The second-order valence-electron chi connectivity index (χ2n) is 12.4. The summed E-state index contributed by atoms with van der Waals surface area (Å²) in [7, 11) is 0. The first-order valence-corrected chi connectivity index (χ1v) is 16.5. The minimum Gasteiger partial charge on any atom is -0.483 e. The van der Waals surface area contributed by atoms with Crippen LogP contribution in [0.15, 0.2) is 60.7 Å². The third kappa shape index (κ3) is 12.5. The van der Waals surface area contributed by atoms with Crippen molar-refractivity contribution < 1.29 is 27.5 Å². The number of hydrogen-bond acceptors (Lipinski definition) is 11. The first-order valence-electron chi connectivity index (χ1n) is 16.5. The first-order chi connectivity index (χ1) is 24.2. The highest BCUT2D eigenvalue weighted by atomic mass is 19.3. The number of nitrogens with one attached hydrogen (secondary N) is 2. The maximum Gasteiger partial charge on any atom is 0.290 e. The van der Waals surface area contributed by atoms with Crippen molar-refractivity contribution in [3.05, 3.63) is 82.9 Å². The van der Waals surface area contributed by atoms with Crippen molar-refractivity contribution in [3.63, 3.8) is 0 Å². The fraction of sp³-hybridized carbons (Fsp3) is 0.400. The molecule has 0 amide bonds. The lowest BCUT2D eigenvalue weighted by molar-refractivity contribution is -0.122. The second kappa shape index (κ2) is 17.5. The van der Waals surface area contributed by atoms with Crippen LogP contribution in [0.25, 0.3) is 0 Å². The molecule has 2 saturated heterocycles. The van der Waals surface area contributed by atoms with Gasteiger partial charge in [0.05, 0.1) is 13.1 Å². The number of hydrogen-bond donors (Lipinski definition) is 5. The normalized spacial score (nSPS) is 15.6. The number of carboxylic acid groups (broad SMARTS) is 1. The molecule has 6 rings (SSSR count). The predicted octanol–water partition coefficient (Wildman–Crippen LogP) is 5.44. The van der Waals surface area contributed by atoms with Crippen LogP contribution in [0.2, 0.25) is 0 Å². The molecule has 4 aromatic rings. The molecule has 2 aromatic heterocycles. The Morgan fingerprint density at radius 2 is 1.06 bits per heavy atom. The minimum absolute atomic E-state index is 0.0838. The van der Waals surface area contributed by atoms with E-state index in [2.05, 4.69) is 92.9 Å². The van der Waals surface area contributed by atoms with Crippen molar-refractivity contribution in [1.82, 2.24) is 19.9 Å². The van der Waals surface area contributed by atoms with Crippen LogP contribution in [-0.2, 0) is 17.6 Å². The van der Waals surface area contributed by atoms with Gasteiger partial charge in [-0.3, -0.25) is 4.79 Å². The Morgan fingerprint density at radius 1 is 0.706 bits per heavy atom. The molecule has 16 heteroatoms. The van der Waals surface area contributed by atoms with Gasteiger partial charge in [0.2, 0.25) is 11.9 Å². The number of nitrogen functional groups attached to an aromatic ring is 2. The number of nitrogens with zero attached hydrogens (tertiary/aromatic N) is 6. The fourth-order valence-electron chi connectivity index (χ4n) is 5.45. The Balaban J connectivity index is 0.000000212. The van der Waals surface area contributed by atoms with E-state index in [0.29, 0.717) is 36.4 Å². The van der Waals surface area contributed by atoms with E-state index in [1.165, 1.54) is 22.3 Å². The summed E-state index contributed by atoms with van der Waals surface area (Å²) in [6.07, 6.45) is 1.35. The quantitative estimate of drug-likeness (QED) is 0.104. The zero-order valence-corrected chi connectivity index (χ0v) is 28.6. The van der Waals surface area contributed by atoms with Gasteiger partial charge in [-0.2, -0.15) is 19.9 Å². The molecule has 0 radical (unpaired) electrons. The van der Waals surface area contributed by atoms with Crippen molar-refractivity contribution in [2.45, 2.75) is 51.4 Å². The van der Waals surface area contributed by atoms with E-state index in [1.54, 1.807) is 21.9 Å². The number of aryl methyl sites for hydroxylation is 2. The van der Waals surface area contributed by atoms with Gasteiger partial charge in [-0.25, -0.2) is 17.6 Å². The van der Waals surface area contributed by atoms with Crippen LogP contribution >= 0.6 is 0 Å². The topological polar surface area (TPSA) is 171 Å². The highest BCUT2D eigenvalue weighted by Crippen LogP contribution is 2.32. The van der Waals surface area contributed by atoms with Crippen molar-refractivity contribution >= 4 is 41.6 Å². The summed E-state index contributed by atoms with van der Waals surface area (Å²) in [6.45, 7) is 5.09. The molecule has 51 heavy (non-hydrogen) atoms. The molecule has 0 unspecified atom stereocenters. The van der Waals surface area contributed by atoms with Gasteiger partial charge in [0.1, 0.15) is 23.3 Å². The van der Waals surface area contributed by atoms with Crippen molar-refractivity contribution in [1.29, 1.82) is 0 Å². The number of anilines is 6. The number of nitrogens with two attached hydrogens (primary N) is 2. The molecule has 4 heterocycles. The van der Waals surface area contributed by atoms with E-state index in [9.17, 15) is 17.6 Å². The molecule has 2 aliphatic heterocycles. The van der Waals surface area contributed by atoms with Gasteiger partial charge in [0.15, 0.2) is 0 Å². The Kier molecular flexibility index (Phi) is 13.2. The average Bonchev–Trinajstić information content (AvgIpc) is 3.63. The molecule has 0 aliphatic carbocycles. The Bertz CT molecular complexity index is 1590. The lowest BCUT2D eigenvalue weighted by Gasteiger charge is -2.18. The van der Waals surface area contributed by atoms with Crippen LogP contribution in [0.5, 0.6) is 0 Å². The third-order valence-corrected chi connectivity index (χ3v) is 8.13. The summed E-state index contributed by atoms with van der Waals surface area (Å²) in [4.78, 5) is 27.9. The van der Waals surface area contributed by atoms with Crippen LogP contribution in [-0.4, -0.2) is 82.6 Å². The van der Waals surface area contributed by atoms with E-state index in [4.69, 9.17) is 21.4 Å². The SMILES string of the molecule is Cc1ccc(CCNc2cc(N3CCC(F)(F)C3)nc(N)n2)cc1.Cc1ccc(CCNc2cc(N3CCC(F)(F)C3)nc(N)n2)cc1.O=CO. The zero-order chi connectivity index (χ0) is 37.0. The van der Waals surface area contributed by atoms with Crippen LogP contribution in [0.1, 0.15) is 35.1 Å². The van der Waals surface area contributed by atoms with Crippen molar-refractivity contribution in [2.24, 2.45) is 0 Å². The Hall–Kier alpha value is -5.41. The number of halogens is 4. The van der Waals surface area contributed by atoms with Crippen LogP contribution in [0, 0.1) is 13.8 Å². The maximum absolute atomic E-state index is 13.4. The number of alkyl halides is 4. The molecule has 12 nitrogen and oxygen atoms in total. The smallest absolute Gasteiger partial charge is 0.290 e. The summed E-state index contributed by atoms with van der Waals surface area (Å²) < 4.78 is 53.5. The Morgan fingerprint density at radius 3 is 1.37 bits per heavy atom. The number of benzene rings is 2. The van der Waals surface area contributed by atoms with Gasteiger partial charge in [0, 0.05) is 51.2 Å². The van der Waals surface area contributed by atoms with Crippen LogP contribution in [0.3, 0.4) is 0 Å². The third-order valence-electron chi connectivity index (χ3n) is 8.13. The van der Waals surface area contributed by atoms with Gasteiger partial charge in [0.25, 0.3) is 18.3 Å². The van der Waals surface area contributed by atoms with Crippen molar-refractivity contribution in [3.8, 4) is 0 Å². The minimum atomic E-state index is -2.67. The van der Waals surface area contributed by atoms with E-state index in [-0.39, 0.29) is 57.4 Å². The molecule has 0 atom stereocenters. The van der Waals surface area contributed by atoms with Crippen LogP contribution in [0.4, 0.5) is 52.7 Å². The predicted molar refractivity (Wildman–Crippen MR) is 192 cm³/mol. The Labute approximate surface area is 294 Å². The number of rotatable bonds is 10. The highest BCUT2D eigenvalue weighted by molar-refractivity contribution is 5.54. The van der Waals surface area contributed by atoms with E-state index < -0.39 is 11.8 Å². The molecule has 2 aromatic carbocycles. The summed E-state index contributed by atoms with van der Waals surface area (Å²) in [5, 5.41) is 13.3. The van der Waals surface area contributed by atoms with Crippen molar-refractivity contribution in [2.75, 3.05) is 71.2 Å². The van der Waals surface area contributed by atoms with Gasteiger partial charge in [-0.15, -0.1) is 0 Å². The molecule has 2 fully saturated rings. The molecular formula is C35H44F4N10O2. The summed E-state index contributed by atoms with van der Waals surface area (Å²) in [5.74, 6) is -3.17. The lowest BCUT2D eigenvalue weighted by atomic mass is 10.1. The molecule has 0 saturated carbocycles. The monoisotopic (exact) mass is 712 g/mol. The maximum atomic E-state index is 13.4. The lowest BCUT2D eigenvalue weighted by Crippen LogP contribution is -2.26. The molecule has 0 bridgehead atoms. The number of carbonyl (C=O) groups is 1. The molecule has 0 spiro atoms. The van der Waals surface area contributed by atoms with E-state index in [1.807, 2.05) is 0 Å². The zero-order valence-electron chi connectivity index (χ0n) is 28.6. The molecule has 2 aliphatic rings. The molecule has 274 valence electrons. The summed E-state index contributed by atoms with van der Waals surface area (Å²) in [6, 6.07) is 20.0. The standard InChI is InChI=1S/2C17H21F2N5.CH2O2/c2*1-12-2-4-13(5-3-12)6-8-21-14-10-15(23-16(20)22-14)24-9-7-17(18,19)11-24;2-1-3/h2*2-5,10H,6-9,11H2,1H3,(H3,20,21,22,23);1H,(H,2,3). The highest BCUT2D eigenvalue weighted by Gasteiger charge is 2.39. The fourth-order valence-corrected chi connectivity index (χ4v) is 5.45. The first kappa shape index (κ1) is 38.4. The second-order valence-corrected chi connectivity index (χ2v) is 12.4. The van der Waals surface area contributed by atoms with Crippen LogP contribution < -0.4 is 31.9 Å². The van der Waals surface area contributed by atoms with Gasteiger partial charge in [-0.1, -0.05) is 59.7 Å². The number of aromatic nitrogens is 4.